The average molecular weight is 479 g/mol. The van der Waals surface area contributed by atoms with E-state index >= 15 is 0 Å². The summed E-state index contributed by atoms with van der Waals surface area (Å²) in [6.45, 7) is 14.1. The molecule has 0 amide bonds. The molecular weight excluding hydrogens is 441 g/mol. The van der Waals surface area contributed by atoms with E-state index in [4.69, 9.17) is 4.52 Å². The molecule has 0 aromatic carbocycles. The summed E-state index contributed by atoms with van der Waals surface area (Å²) in [7, 11) is 4.20. The number of rotatable bonds is 10. The molecule has 1 aromatic heterocycles. The van der Waals surface area contributed by atoms with Gasteiger partial charge in [0, 0.05) is 31.6 Å². The van der Waals surface area contributed by atoms with E-state index in [9.17, 15) is 0 Å². The van der Waals surface area contributed by atoms with Crippen molar-refractivity contribution >= 4 is 29.9 Å². The molecule has 0 aliphatic rings. The fraction of sp³-hybridized carbons (Fsp3) is 0.789. The lowest BCUT2D eigenvalue weighted by atomic mass is 9.93. The van der Waals surface area contributed by atoms with Crippen molar-refractivity contribution in [3.05, 3.63) is 17.5 Å². The van der Waals surface area contributed by atoms with Crippen LogP contribution < -0.4 is 10.6 Å². The molecule has 0 radical (unpaired) electrons. The molecule has 0 fully saturated rings. The standard InChI is InChI=1S/C19H37N5O.HI/c1-8-15(9-2)17-11-16(25-23-17)12-21-18(20-10-3)22-13-19(4,5)14-24(6)7;/h11,15H,8-10,12-14H2,1-7H3,(H2,20,21,22);1H. The van der Waals surface area contributed by atoms with Gasteiger partial charge in [-0.05, 0) is 39.3 Å². The molecule has 1 aromatic rings. The minimum atomic E-state index is 0. The average Bonchev–Trinajstić information content (AvgIpc) is 2.99. The Hall–Kier alpha value is -0.830. The second-order valence-corrected chi connectivity index (χ2v) is 7.68. The lowest BCUT2D eigenvalue weighted by Gasteiger charge is -2.29. The van der Waals surface area contributed by atoms with E-state index < -0.39 is 0 Å². The first-order valence-electron chi connectivity index (χ1n) is 9.43. The highest BCUT2D eigenvalue weighted by molar-refractivity contribution is 14.0. The van der Waals surface area contributed by atoms with Crippen molar-refractivity contribution in [2.45, 2.75) is 59.9 Å². The number of aromatic nitrogens is 1. The van der Waals surface area contributed by atoms with Crippen LogP contribution >= 0.6 is 24.0 Å². The van der Waals surface area contributed by atoms with Crippen molar-refractivity contribution in [2.75, 3.05) is 33.7 Å². The van der Waals surface area contributed by atoms with Gasteiger partial charge in [-0.15, -0.1) is 24.0 Å². The molecule has 0 atom stereocenters. The topological polar surface area (TPSA) is 65.7 Å². The summed E-state index contributed by atoms with van der Waals surface area (Å²) in [5.74, 6) is 2.10. The summed E-state index contributed by atoms with van der Waals surface area (Å²) >= 11 is 0. The summed E-state index contributed by atoms with van der Waals surface area (Å²) in [5, 5.41) is 10.9. The van der Waals surface area contributed by atoms with Gasteiger partial charge in [-0.25, -0.2) is 4.99 Å². The van der Waals surface area contributed by atoms with Crippen LogP contribution in [0.15, 0.2) is 15.6 Å². The molecule has 7 heteroatoms. The van der Waals surface area contributed by atoms with Gasteiger partial charge in [-0.1, -0.05) is 32.9 Å². The Morgan fingerprint density at radius 3 is 2.42 bits per heavy atom. The number of hydrogen-bond acceptors (Lipinski definition) is 4. The van der Waals surface area contributed by atoms with Gasteiger partial charge in [0.25, 0.3) is 0 Å². The van der Waals surface area contributed by atoms with Crippen molar-refractivity contribution < 1.29 is 4.52 Å². The Balaban J connectivity index is 0.00000625. The number of nitrogens with one attached hydrogen (secondary N) is 2. The quantitative estimate of drug-likeness (QED) is 0.303. The van der Waals surface area contributed by atoms with Crippen LogP contribution in [0.2, 0.25) is 0 Å². The maximum Gasteiger partial charge on any atom is 0.191 e. The Morgan fingerprint density at radius 1 is 1.23 bits per heavy atom. The Bertz CT molecular complexity index is 524. The monoisotopic (exact) mass is 479 g/mol. The van der Waals surface area contributed by atoms with Gasteiger partial charge >= 0.3 is 0 Å². The molecule has 1 heterocycles. The molecule has 0 spiro atoms. The molecule has 26 heavy (non-hydrogen) atoms. The number of hydrogen-bond donors (Lipinski definition) is 2. The van der Waals surface area contributed by atoms with Crippen LogP contribution in [0.5, 0.6) is 0 Å². The van der Waals surface area contributed by atoms with Crippen LogP contribution in [0, 0.1) is 5.41 Å². The van der Waals surface area contributed by atoms with Gasteiger partial charge in [0.05, 0.1) is 5.69 Å². The van der Waals surface area contributed by atoms with E-state index in [0.717, 1.165) is 49.9 Å². The van der Waals surface area contributed by atoms with Crippen LogP contribution in [0.3, 0.4) is 0 Å². The molecule has 0 aliphatic carbocycles. The molecule has 0 saturated heterocycles. The molecule has 6 nitrogen and oxygen atoms in total. The van der Waals surface area contributed by atoms with Crippen molar-refractivity contribution in [1.29, 1.82) is 0 Å². The third-order valence-electron chi connectivity index (χ3n) is 4.20. The van der Waals surface area contributed by atoms with E-state index in [-0.39, 0.29) is 29.4 Å². The maximum atomic E-state index is 5.46. The number of halogens is 1. The van der Waals surface area contributed by atoms with Gasteiger partial charge in [-0.2, -0.15) is 0 Å². The summed E-state index contributed by atoms with van der Waals surface area (Å²) < 4.78 is 5.46. The van der Waals surface area contributed by atoms with E-state index in [1.165, 1.54) is 0 Å². The third-order valence-corrected chi connectivity index (χ3v) is 4.20. The zero-order chi connectivity index (χ0) is 18.9. The summed E-state index contributed by atoms with van der Waals surface area (Å²) in [6, 6.07) is 2.04. The minimum Gasteiger partial charge on any atom is -0.359 e. The van der Waals surface area contributed by atoms with E-state index in [1.54, 1.807) is 0 Å². The van der Waals surface area contributed by atoms with Crippen LogP contribution in [-0.2, 0) is 6.54 Å². The van der Waals surface area contributed by atoms with Crippen LogP contribution in [0.1, 0.15) is 64.8 Å². The van der Waals surface area contributed by atoms with E-state index in [1.807, 2.05) is 6.07 Å². The molecule has 0 unspecified atom stereocenters. The molecule has 152 valence electrons. The fourth-order valence-corrected chi connectivity index (χ4v) is 3.04. The Kier molecular flexibility index (Phi) is 12.1. The summed E-state index contributed by atoms with van der Waals surface area (Å²) in [4.78, 5) is 6.85. The van der Waals surface area contributed by atoms with Gasteiger partial charge in [0.2, 0.25) is 0 Å². The van der Waals surface area contributed by atoms with Gasteiger partial charge in [-0.3, -0.25) is 0 Å². The Morgan fingerprint density at radius 2 is 1.88 bits per heavy atom. The predicted octanol–water partition coefficient (Wildman–Crippen LogP) is 3.84. The van der Waals surface area contributed by atoms with Crippen molar-refractivity contribution in [3.63, 3.8) is 0 Å². The minimum absolute atomic E-state index is 0. The number of nitrogens with zero attached hydrogens (tertiary/aromatic N) is 3. The zero-order valence-electron chi connectivity index (χ0n) is 17.6. The van der Waals surface area contributed by atoms with Gasteiger partial charge in [0.15, 0.2) is 11.7 Å². The van der Waals surface area contributed by atoms with Crippen LogP contribution in [0.4, 0.5) is 0 Å². The van der Waals surface area contributed by atoms with E-state index in [2.05, 4.69) is 74.4 Å². The largest absolute Gasteiger partial charge is 0.359 e. The lowest BCUT2D eigenvalue weighted by Crippen LogP contribution is -2.44. The first-order chi connectivity index (χ1) is 11.8. The first kappa shape index (κ1) is 25.2. The number of aliphatic imine (C=N–C) groups is 1. The van der Waals surface area contributed by atoms with Crippen molar-refractivity contribution in [2.24, 2.45) is 10.4 Å². The number of guanidine groups is 1. The molecular formula is C19H38IN5O. The molecule has 0 aliphatic heterocycles. The zero-order valence-corrected chi connectivity index (χ0v) is 19.9. The van der Waals surface area contributed by atoms with Crippen molar-refractivity contribution in [3.8, 4) is 0 Å². The second-order valence-electron chi connectivity index (χ2n) is 7.68. The van der Waals surface area contributed by atoms with Crippen LogP contribution in [0.25, 0.3) is 0 Å². The van der Waals surface area contributed by atoms with Gasteiger partial charge in [0.1, 0.15) is 6.54 Å². The second kappa shape index (κ2) is 12.5. The Labute approximate surface area is 176 Å². The predicted molar refractivity (Wildman–Crippen MR) is 120 cm³/mol. The third kappa shape index (κ3) is 9.21. The lowest BCUT2D eigenvalue weighted by molar-refractivity contribution is 0.241. The highest BCUT2D eigenvalue weighted by atomic mass is 127. The van der Waals surface area contributed by atoms with Gasteiger partial charge < -0.3 is 20.1 Å². The fourth-order valence-electron chi connectivity index (χ4n) is 3.04. The highest BCUT2D eigenvalue weighted by Crippen LogP contribution is 2.22. The molecule has 2 N–H and O–H groups in total. The first-order valence-corrected chi connectivity index (χ1v) is 9.43. The summed E-state index contributed by atoms with van der Waals surface area (Å²) in [5.41, 5.74) is 1.20. The van der Waals surface area contributed by atoms with E-state index in [0.29, 0.717) is 12.5 Å². The maximum absolute atomic E-state index is 5.46. The molecule has 1 rings (SSSR count). The highest BCUT2D eigenvalue weighted by Gasteiger charge is 2.19. The smallest absolute Gasteiger partial charge is 0.191 e. The summed E-state index contributed by atoms with van der Waals surface area (Å²) in [6.07, 6.45) is 2.16. The SMILES string of the molecule is CCNC(=NCc1cc(C(CC)CC)no1)NCC(C)(C)CN(C)C.I. The molecule has 0 saturated carbocycles. The van der Waals surface area contributed by atoms with Crippen molar-refractivity contribution in [1.82, 2.24) is 20.7 Å². The van der Waals surface area contributed by atoms with Crippen LogP contribution in [-0.4, -0.2) is 49.7 Å². The normalized spacial score (nSPS) is 12.4. The molecule has 0 bridgehead atoms.